The lowest BCUT2D eigenvalue weighted by Crippen LogP contribution is -2.71. The predicted octanol–water partition coefficient (Wildman–Crippen LogP) is 1.58. The van der Waals surface area contributed by atoms with Gasteiger partial charge in [-0.2, -0.15) is 0 Å². The summed E-state index contributed by atoms with van der Waals surface area (Å²) in [6.07, 6.45) is 0.232. The molecule has 216 valence electrons. The Hall–Kier alpha value is -3.89. The lowest BCUT2D eigenvalue weighted by molar-refractivity contribution is -0.150. The lowest BCUT2D eigenvalue weighted by atomic mass is 9.96. The maximum atomic E-state index is 13.1. The molecule has 0 bridgehead atoms. The van der Waals surface area contributed by atoms with Crippen molar-refractivity contribution < 1.29 is 33.9 Å². The monoisotopic (exact) mass is 618 g/mol. The fraction of sp³-hybridized carbons (Fsp3) is 0.320. The number of hydrogen-bond donors (Lipinski definition) is 4. The molecule has 41 heavy (non-hydrogen) atoms. The third kappa shape index (κ3) is 6.55. The van der Waals surface area contributed by atoms with Crippen LogP contribution in [0.3, 0.4) is 0 Å². The first kappa shape index (κ1) is 30.1. The standard InChI is InChI=1S/C25H26N6O7S3/c1-11-13(5-4-6-15(11)27-17(33)10-39-12(2)32)7-14-8-40-23-19(22(35)31(23)20(14)24(36)37)29-21(34)18(30-38-3)16-9-41-25(26)28-16/h4-6,9,19,23H,7-8,10H2,1-3H3,(H2,26,28)(H,27,33)(H,29,34)(H,36,37)/b30-18-. The number of thioether (sulfide) groups is 2. The van der Waals surface area contributed by atoms with Gasteiger partial charge >= 0.3 is 5.97 Å². The quantitative estimate of drug-likeness (QED) is 0.172. The van der Waals surface area contributed by atoms with Gasteiger partial charge in [-0.15, -0.1) is 23.1 Å². The van der Waals surface area contributed by atoms with E-state index >= 15 is 0 Å². The summed E-state index contributed by atoms with van der Waals surface area (Å²) >= 11 is 3.35. The molecule has 13 nitrogen and oxygen atoms in total. The Morgan fingerprint density at radius 3 is 2.71 bits per heavy atom. The summed E-state index contributed by atoms with van der Waals surface area (Å²) in [5.41, 5.74) is 8.14. The van der Waals surface area contributed by atoms with E-state index in [4.69, 9.17) is 10.6 Å². The van der Waals surface area contributed by atoms with Gasteiger partial charge in [0.15, 0.2) is 16.0 Å². The summed E-state index contributed by atoms with van der Waals surface area (Å²) in [6.45, 7) is 3.19. The summed E-state index contributed by atoms with van der Waals surface area (Å²) in [7, 11) is 1.26. The first-order valence-electron chi connectivity index (χ1n) is 12.1. The number of carbonyl (C=O) groups excluding carboxylic acids is 4. The molecule has 0 saturated carbocycles. The normalized spacial score (nSPS) is 18.4. The van der Waals surface area contributed by atoms with Crippen molar-refractivity contribution in [2.45, 2.75) is 31.7 Å². The van der Waals surface area contributed by atoms with Crippen molar-refractivity contribution in [2.24, 2.45) is 5.16 Å². The van der Waals surface area contributed by atoms with Crippen molar-refractivity contribution in [1.29, 1.82) is 0 Å². The Morgan fingerprint density at radius 2 is 2.07 bits per heavy atom. The Bertz CT molecular complexity index is 1490. The van der Waals surface area contributed by atoms with Crippen LogP contribution in [0, 0.1) is 6.92 Å². The molecule has 0 aliphatic carbocycles. The minimum absolute atomic E-state index is 0.0171. The minimum Gasteiger partial charge on any atom is -0.477 e. The number of amides is 3. The number of thiazole rings is 1. The zero-order valence-electron chi connectivity index (χ0n) is 22.1. The number of β-lactam (4-membered cyclic amide) rings is 1. The average molecular weight is 619 g/mol. The van der Waals surface area contributed by atoms with E-state index in [1.807, 2.05) is 6.07 Å². The van der Waals surface area contributed by atoms with Crippen LogP contribution in [-0.4, -0.2) is 79.5 Å². The molecule has 1 aromatic carbocycles. The maximum Gasteiger partial charge on any atom is 0.352 e. The second-order valence-electron chi connectivity index (χ2n) is 8.91. The summed E-state index contributed by atoms with van der Waals surface area (Å²) in [5.74, 6) is -2.58. The molecule has 3 amide bonds. The number of nitrogens with one attached hydrogen (secondary N) is 2. The Morgan fingerprint density at radius 1 is 1.32 bits per heavy atom. The van der Waals surface area contributed by atoms with Gasteiger partial charge < -0.3 is 26.3 Å². The van der Waals surface area contributed by atoms with E-state index in [2.05, 4.69) is 20.8 Å². The van der Waals surface area contributed by atoms with Gasteiger partial charge in [0, 0.05) is 23.7 Å². The smallest absolute Gasteiger partial charge is 0.352 e. The van der Waals surface area contributed by atoms with E-state index in [0.29, 0.717) is 17.0 Å². The molecule has 2 aliphatic heterocycles. The summed E-state index contributed by atoms with van der Waals surface area (Å²) in [6, 6.07) is 4.31. The van der Waals surface area contributed by atoms with Crippen molar-refractivity contribution >= 4 is 80.2 Å². The van der Waals surface area contributed by atoms with Gasteiger partial charge in [0.25, 0.3) is 11.8 Å². The molecule has 1 aromatic heterocycles. The average Bonchev–Trinajstić information content (AvgIpc) is 3.36. The van der Waals surface area contributed by atoms with Crippen LogP contribution in [0.1, 0.15) is 23.7 Å². The second-order valence-corrected chi connectivity index (χ2v) is 12.1. The molecule has 16 heteroatoms. The molecule has 2 unspecified atom stereocenters. The van der Waals surface area contributed by atoms with Crippen molar-refractivity contribution in [3.8, 4) is 0 Å². The van der Waals surface area contributed by atoms with Crippen LogP contribution in [0.15, 0.2) is 40.0 Å². The van der Waals surface area contributed by atoms with Gasteiger partial charge in [0.1, 0.15) is 29.9 Å². The molecular weight excluding hydrogens is 593 g/mol. The number of rotatable bonds is 10. The number of carbonyl (C=O) groups is 5. The van der Waals surface area contributed by atoms with Gasteiger partial charge in [0.2, 0.25) is 5.91 Å². The fourth-order valence-electron chi connectivity index (χ4n) is 4.31. The molecular formula is C25H26N6O7S3. The lowest BCUT2D eigenvalue weighted by Gasteiger charge is -2.49. The number of fused-ring (bicyclic) bond motifs is 1. The van der Waals surface area contributed by atoms with Crippen molar-refractivity contribution in [2.75, 3.05) is 29.7 Å². The van der Waals surface area contributed by atoms with Crippen LogP contribution in [0.5, 0.6) is 0 Å². The number of oxime groups is 1. The van der Waals surface area contributed by atoms with E-state index in [1.165, 1.54) is 36.1 Å². The number of aromatic nitrogens is 1. The third-order valence-corrected chi connectivity index (χ3v) is 9.06. The second kappa shape index (κ2) is 12.7. The predicted molar refractivity (Wildman–Crippen MR) is 156 cm³/mol. The minimum atomic E-state index is -1.26. The van der Waals surface area contributed by atoms with Gasteiger partial charge in [0.05, 0.1) is 5.75 Å². The van der Waals surface area contributed by atoms with Crippen LogP contribution in [0.4, 0.5) is 10.8 Å². The topological polar surface area (TPSA) is 193 Å². The van der Waals surface area contributed by atoms with Crippen molar-refractivity contribution in [3.63, 3.8) is 0 Å². The SMILES string of the molecule is CO/N=C(\C(=O)NC1C(=O)N2C(C(=O)O)=C(Cc3cccc(NC(=O)CSC(C)=O)c3C)CSC12)c1csc(N)n1. The third-order valence-electron chi connectivity index (χ3n) is 6.23. The highest BCUT2D eigenvalue weighted by Gasteiger charge is 2.54. The van der Waals surface area contributed by atoms with Crippen LogP contribution in [-0.2, 0) is 35.2 Å². The van der Waals surface area contributed by atoms with E-state index in [9.17, 15) is 29.1 Å². The number of carboxylic acids is 1. The van der Waals surface area contributed by atoms with Crippen molar-refractivity contribution in [1.82, 2.24) is 15.2 Å². The zero-order chi connectivity index (χ0) is 29.8. The molecule has 2 aliphatic rings. The number of hydrogen-bond acceptors (Lipinski definition) is 12. The number of anilines is 2. The first-order chi connectivity index (χ1) is 19.5. The Balaban J connectivity index is 1.51. The number of nitrogen functional groups attached to an aromatic ring is 1. The number of nitrogens with zero attached hydrogens (tertiary/aromatic N) is 3. The first-order valence-corrected chi connectivity index (χ1v) is 15.0. The van der Waals surface area contributed by atoms with Gasteiger partial charge in [-0.3, -0.25) is 24.1 Å². The Kier molecular flexibility index (Phi) is 9.35. The summed E-state index contributed by atoms with van der Waals surface area (Å²) in [5, 5.41) is 20.1. The molecule has 1 fully saturated rings. The summed E-state index contributed by atoms with van der Waals surface area (Å²) < 4.78 is 0. The van der Waals surface area contributed by atoms with Gasteiger partial charge in [-0.1, -0.05) is 29.1 Å². The number of nitrogens with two attached hydrogens (primary N) is 1. The van der Waals surface area contributed by atoms with Crippen molar-refractivity contribution in [3.05, 3.63) is 51.7 Å². The molecule has 0 spiro atoms. The van der Waals surface area contributed by atoms with E-state index in [-0.39, 0.29) is 45.4 Å². The van der Waals surface area contributed by atoms with E-state index in [1.54, 1.807) is 19.1 Å². The van der Waals surface area contributed by atoms with E-state index in [0.717, 1.165) is 34.2 Å². The largest absolute Gasteiger partial charge is 0.477 e. The Labute approximate surface area is 246 Å². The molecule has 0 radical (unpaired) electrons. The summed E-state index contributed by atoms with van der Waals surface area (Å²) in [4.78, 5) is 71.8. The fourth-order valence-corrected chi connectivity index (χ4v) is 6.61. The van der Waals surface area contributed by atoms with Gasteiger partial charge in [-0.25, -0.2) is 9.78 Å². The highest BCUT2D eigenvalue weighted by atomic mass is 32.2. The zero-order valence-corrected chi connectivity index (χ0v) is 24.6. The van der Waals surface area contributed by atoms with Crippen LogP contribution in [0.25, 0.3) is 0 Å². The number of carboxylic acid groups (broad SMARTS) is 1. The number of aliphatic carboxylic acids is 1. The molecule has 1 saturated heterocycles. The molecule has 3 heterocycles. The van der Waals surface area contributed by atoms with Gasteiger partial charge in [-0.05, 0) is 36.1 Å². The van der Waals surface area contributed by atoms with Crippen LogP contribution < -0.4 is 16.4 Å². The highest BCUT2D eigenvalue weighted by Crippen LogP contribution is 2.41. The molecule has 2 aromatic rings. The molecule has 5 N–H and O–H groups in total. The van der Waals surface area contributed by atoms with Crippen LogP contribution >= 0.6 is 34.9 Å². The molecule has 2 atom stereocenters. The van der Waals surface area contributed by atoms with Crippen LogP contribution in [0.2, 0.25) is 0 Å². The number of benzene rings is 1. The molecule has 4 rings (SSSR count). The van der Waals surface area contributed by atoms with E-state index < -0.39 is 29.2 Å². The maximum absolute atomic E-state index is 13.1. The highest BCUT2D eigenvalue weighted by molar-refractivity contribution is 8.14.